The molecule has 1 N–H and O–H groups in total. The van der Waals surface area contributed by atoms with Crippen molar-refractivity contribution in [1.29, 1.82) is 0 Å². The summed E-state index contributed by atoms with van der Waals surface area (Å²) in [5, 5.41) is 0. The van der Waals surface area contributed by atoms with Crippen molar-refractivity contribution in [2.75, 3.05) is 0 Å². The summed E-state index contributed by atoms with van der Waals surface area (Å²) in [6, 6.07) is 8.10. The van der Waals surface area contributed by atoms with Gasteiger partial charge in [0.05, 0.1) is 6.26 Å². The van der Waals surface area contributed by atoms with Gasteiger partial charge in [-0.25, -0.2) is 0 Å². The molecule has 0 atom stereocenters. The lowest BCUT2D eigenvalue weighted by atomic mass is 10.2. The van der Waals surface area contributed by atoms with Crippen molar-refractivity contribution in [1.82, 2.24) is 4.98 Å². The van der Waals surface area contributed by atoms with Gasteiger partial charge in [0.25, 0.3) is 0 Å². The Kier molecular flexibility index (Phi) is 2.51. The zero-order valence-electron chi connectivity index (χ0n) is 7.49. The molecule has 0 unspecified atom stereocenters. The van der Waals surface area contributed by atoms with Crippen molar-refractivity contribution >= 4 is 0 Å². The van der Waals surface area contributed by atoms with Crippen LogP contribution in [0.2, 0.25) is 0 Å². The summed E-state index contributed by atoms with van der Waals surface area (Å²) in [4.78, 5) is 3.19. The van der Waals surface area contributed by atoms with Crippen LogP contribution < -0.4 is 0 Å². The van der Waals surface area contributed by atoms with Crippen LogP contribution >= 0.6 is 0 Å². The third-order valence-electron chi connectivity index (χ3n) is 2.11. The van der Waals surface area contributed by atoms with Gasteiger partial charge in [-0.1, -0.05) is 0 Å². The Labute approximate surface area is 77.6 Å². The number of aromatic amines is 1. The molecule has 2 heterocycles. The average Bonchev–Trinajstić information content (AvgIpc) is 2.75. The van der Waals surface area contributed by atoms with Crippen molar-refractivity contribution in [3.63, 3.8) is 0 Å². The molecule has 68 valence electrons. The molecule has 0 aliphatic rings. The third-order valence-corrected chi connectivity index (χ3v) is 2.11. The highest BCUT2D eigenvalue weighted by Crippen LogP contribution is 2.06. The summed E-state index contributed by atoms with van der Waals surface area (Å²) < 4.78 is 5.24. The van der Waals surface area contributed by atoms with Crippen LogP contribution in [-0.4, -0.2) is 4.98 Å². The van der Waals surface area contributed by atoms with Crippen molar-refractivity contribution in [3.8, 4) is 0 Å². The fourth-order valence-electron chi connectivity index (χ4n) is 1.43. The minimum Gasteiger partial charge on any atom is -0.469 e. The van der Waals surface area contributed by atoms with Gasteiger partial charge in [-0.15, -0.1) is 0 Å². The van der Waals surface area contributed by atoms with Crippen LogP contribution in [0, 0.1) is 0 Å². The van der Waals surface area contributed by atoms with Crippen LogP contribution in [0.5, 0.6) is 0 Å². The van der Waals surface area contributed by atoms with Gasteiger partial charge >= 0.3 is 0 Å². The minimum absolute atomic E-state index is 1.02. The fourth-order valence-corrected chi connectivity index (χ4v) is 1.43. The summed E-state index contributed by atoms with van der Waals surface area (Å²) in [5.74, 6) is 1.08. The Morgan fingerprint density at radius 3 is 2.85 bits per heavy atom. The highest BCUT2D eigenvalue weighted by molar-refractivity contribution is 5.04. The molecule has 2 nitrogen and oxygen atoms in total. The molecule has 0 fully saturated rings. The first-order valence-corrected chi connectivity index (χ1v) is 4.60. The molecule has 0 amide bonds. The molecule has 13 heavy (non-hydrogen) atoms. The molecule has 0 bridgehead atoms. The molecular weight excluding hydrogens is 162 g/mol. The predicted molar refractivity (Wildman–Crippen MR) is 51.5 cm³/mol. The first kappa shape index (κ1) is 8.17. The van der Waals surface area contributed by atoms with E-state index >= 15 is 0 Å². The largest absolute Gasteiger partial charge is 0.469 e. The summed E-state index contributed by atoms with van der Waals surface area (Å²) in [6.45, 7) is 0. The Bertz CT molecular complexity index is 287. The normalized spacial score (nSPS) is 10.5. The minimum atomic E-state index is 1.02. The van der Waals surface area contributed by atoms with Crippen LogP contribution in [0.4, 0.5) is 0 Å². The smallest absolute Gasteiger partial charge is 0.103 e. The number of furan rings is 1. The second-order valence-electron chi connectivity index (χ2n) is 3.13. The lowest BCUT2D eigenvalue weighted by Crippen LogP contribution is -1.88. The first-order chi connectivity index (χ1) is 6.45. The van der Waals surface area contributed by atoms with E-state index in [-0.39, 0.29) is 0 Å². The van der Waals surface area contributed by atoms with E-state index in [1.165, 1.54) is 5.69 Å². The number of hydrogen-bond donors (Lipinski definition) is 1. The summed E-state index contributed by atoms with van der Waals surface area (Å²) >= 11 is 0. The third kappa shape index (κ3) is 2.25. The zero-order chi connectivity index (χ0) is 8.93. The van der Waals surface area contributed by atoms with Crippen LogP contribution in [0.25, 0.3) is 0 Å². The van der Waals surface area contributed by atoms with Crippen molar-refractivity contribution < 1.29 is 4.42 Å². The van der Waals surface area contributed by atoms with Crippen molar-refractivity contribution in [2.24, 2.45) is 0 Å². The van der Waals surface area contributed by atoms with Crippen LogP contribution in [-0.2, 0) is 12.8 Å². The lowest BCUT2D eigenvalue weighted by molar-refractivity contribution is 0.501. The molecule has 0 radical (unpaired) electrons. The molecule has 2 rings (SSSR count). The average molecular weight is 175 g/mol. The number of H-pyrrole nitrogens is 1. The quantitative estimate of drug-likeness (QED) is 0.760. The van der Waals surface area contributed by atoms with E-state index in [4.69, 9.17) is 4.42 Å². The van der Waals surface area contributed by atoms with Gasteiger partial charge in [0, 0.05) is 18.3 Å². The molecule has 0 saturated carbocycles. The molecular formula is C11H13NO. The van der Waals surface area contributed by atoms with E-state index in [9.17, 15) is 0 Å². The van der Waals surface area contributed by atoms with E-state index in [0.29, 0.717) is 0 Å². The predicted octanol–water partition coefficient (Wildman–Crippen LogP) is 2.78. The van der Waals surface area contributed by atoms with Gasteiger partial charge in [-0.2, -0.15) is 0 Å². The van der Waals surface area contributed by atoms with Crippen molar-refractivity contribution in [2.45, 2.75) is 19.3 Å². The Hall–Kier alpha value is -1.44. The second kappa shape index (κ2) is 3.99. The maximum Gasteiger partial charge on any atom is 0.103 e. The maximum absolute atomic E-state index is 5.24. The topological polar surface area (TPSA) is 28.9 Å². The van der Waals surface area contributed by atoms with Gasteiger partial charge in [0.15, 0.2) is 0 Å². The van der Waals surface area contributed by atoms with E-state index in [1.54, 1.807) is 6.26 Å². The lowest BCUT2D eigenvalue weighted by Gasteiger charge is -1.95. The molecule has 0 aliphatic heterocycles. The molecule has 0 spiro atoms. The molecule has 2 heteroatoms. The standard InChI is InChI=1S/C11H13NO/c1(4-10-5-2-8-12-10)6-11-7-3-9-13-11/h2-3,5,7-9,12H,1,4,6H2. The van der Waals surface area contributed by atoms with Crippen LogP contribution in [0.3, 0.4) is 0 Å². The van der Waals surface area contributed by atoms with E-state index in [2.05, 4.69) is 11.1 Å². The number of aryl methyl sites for hydroxylation is 2. The second-order valence-corrected chi connectivity index (χ2v) is 3.13. The van der Waals surface area contributed by atoms with Crippen LogP contribution in [0.15, 0.2) is 41.1 Å². The summed E-state index contributed by atoms with van der Waals surface area (Å²) in [7, 11) is 0. The van der Waals surface area contributed by atoms with E-state index in [1.807, 2.05) is 24.4 Å². The Balaban J connectivity index is 1.76. The summed E-state index contributed by atoms with van der Waals surface area (Å²) in [5.41, 5.74) is 1.30. The van der Waals surface area contributed by atoms with Gasteiger partial charge in [0.1, 0.15) is 5.76 Å². The molecule has 0 aromatic carbocycles. The maximum atomic E-state index is 5.24. The highest BCUT2D eigenvalue weighted by Gasteiger charge is 1.96. The summed E-state index contributed by atoms with van der Waals surface area (Å²) in [6.07, 6.45) is 6.93. The molecule has 0 saturated heterocycles. The van der Waals surface area contributed by atoms with Gasteiger partial charge in [0.2, 0.25) is 0 Å². The first-order valence-electron chi connectivity index (χ1n) is 4.60. The van der Waals surface area contributed by atoms with Crippen LogP contribution in [0.1, 0.15) is 17.9 Å². The number of aromatic nitrogens is 1. The SMILES string of the molecule is c1c[nH]c(CCCc2ccco2)c1. The number of nitrogens with one attached hydrogen (secondary N) is 1. The Morgan fingerprint density at radius 2 is 2.15 bits per heavy atom. The fraction of sp³-hybridized carbons (Fsp3) is 0.273. The Morgan fingerprint density at radius 1 is 1.15 bits per heavy atom. The van der Waals surface area contributed by atoms with Gasteiger partial charge < -0.3 is 9.40 Å². The number of hydrogen-bond acceptors (Lipinski definition) is 1. The van der Waals surface area contributed by atoms with E-state index < -0.39 is 0 Å². The molecule has 2 aromatic rings. The number of rotatable bonds is 4. The highest BCUT2D eigenvalue weighted by atomic mass is 16.3. The molecule has 0 aliphatic carbocycles. The zero-order valence-corrected chi connectivity index (χ0v) is 7.49. The van der Waals surface area contributed by atoms with Crippen molar-refractivity contribution in [3.05, 3.63) is 48.2 Å². The van der Waals surface area contributed by atoms with Gasteiger partial charge in [-0.05, 0) is 37.1 Å². The van der Waals surface area contributed by atoms with Gasteiger partial charge in [-0.3, -0.25) is 0 Å². The van der Waals surface area contributed by atoms with E-state index in [0.717, 1.165) is 25.0 Å². The molecule has 2 aromatic heterocycles. The monoisotopic (exact) mass is 175 g/mol.